The van der Waals surface area contributed by atoms with Crippen LogP contribution in [0.4, 0.5) is 5.00 Å². The number of fused-ring (bicyclic) bond motifs is 1. The molecule has 2 amide bonds. The molecule has 2 heterocycles. The molecule has 1 unspecified atom stereocenters. The van der Waals surface area contributed by atoms with E-state index in [2.05, 4.69) is 5.32 Å². The van der Waals surface area contributed by atoms with Crippen LogP contribution in [0.1, 0.15) is 49.4 Å². The molecule has 1 N–H and O–H groups in total. The lowest BCUT2D eigenvalue weighted by molar-refractivity contribution is -0.138. The summed E-state index contributed by atoms with van der Waals surface area (Å²) >= 11 is 1.37. The average molecular weight is 439 g/mol. The molecule has 0 bridgehead atoms. The van der Waals surface area contributed by atoms with Crippen molar-refractivity contribution < 1.29 is 23.5 Å². The number of anilines is 1. The summed E-state index contributed by atoms with van der Waals surface area (Å²) in [5.41, 5.74) is 1.79. The van der Waals surface area contributed by atoms with Crippen LogP contribution in [-0.4, -0.2) is 36.8 Å². The Morgan fingerprint density at radius 3 is 2.55 bits per heavy atom. The Morgan fingerprint density at radius 1 is 1.10 bits per heavy atom. The Hall–Kier alpha value is -3.39. The SMILES string of the molecule is CN(C)C(=O)C(OC(=O)c1c(NC(=O)c2ccco2)sc2c1CCC2)c1ccccc1. The predicted octanol–water partition coefficient (Wildman–Crippen LogP) is 4.07. The average Bonchev–Trinajstić information content (AvgIpc) is 3.49. The molecule has 31 heavy (non-hydrogen) atoms. The van der Waals surface area contributed by atoms with Gasteiger partial charge >= 0.3 is 5.97 Å². The Labute approximate surface area is 183 Å². The summed E-state index contributed by atoms with van der Waals surface area (Å²) in [5.74, 6) is -1.26. The number of likely N-dealkylation sites (N-methyl/N-ethyl adjacent to an activating group) is 1. The zero-order valence-electron chi connectivity index (χ0n) is 17.2. The van der Waals surface area contributed by atoms with Crippen molar-refractivity contribution in [3.05, 3.63) is 76.1 Å². The van der Waals surface area contributed by atoms with E-state index in [4.69, 9.17) is 9.15 Å². The summed E-state index contributed by atoms with van der Waals surface area (Å²) in [6.45, 7) is 0. The number of furan rings is 1. The number of nitrogens with zero attached hydrogens (tertiary/aromatic N) is 1. The van der Waals surface area contributed by atoms with Crippen LogP contribution in [0.2, 0.25) is 0 Å². The van der Waals surface area contributed by atoms with E-state index in [0.29, 0.717) is 16.1 Å². The molecule has 8 heteroatoms. The number of nitrogens with one attached hydrogen (secondary N) is 1. The number of benzene rings is 1. The summed E-state index contributed by atoms with van der Waals surface area (Å²) in [4.78, 5) is 41.0. The van der Waals surface area contributed by atoms with Crippen molar-refractivity contribution in [2.45, 2.75) is 25.4 Å². The second-order valence-corrected chi connectivity index (χ2v) is 8.53. The van der Waals surface area contributed by atoms with Gasteiger partial charge in [-0.1, -0.05) is 30.3 Å². The third kappa shape index (κ3) is 4.25. The van der Waals surface area contributed by atoms with Crippen molar-refractivity contribution in [1.82, 2.24) is 4.90 Å². The van der Waals surface area contributed by atoms with Gasteiger partial charge in [0.25, 0.3) is 11.8 Å². The lowest BCUT2D eigenvalue weighted by atomic mass is 10.1. The molecule has 1 aliphatic rings. The summed E-state index contributed by atoms with van der Waals surface area (Å²) < 4.78 is 10.9. The number of carbonyl (C=O) groups excluding carboxylic acids is 3. The molecule has 0 fully saturated rings. The zero-order valence-corrected chi connectivity index (χ0v) is 18.0. The molecule has 4 rings (SSSR count). The van der Waals surface area contributed by atoms with E-state index in [1.54, 1.807) is 50.5 Å². The van der Waals surface area contributed by atoms with Gasteiger partial charge in [0.15, 0.2) is 5.76 Å². The van der Waals surface area contributed by atoms with Crippen LogP contribution in [0.5, 0.6) is 0 Å². The molecular weight excluding hydrogens is 416 g/mol. The summed E-state index contributed by atoms with van der Waals surface area (Å²) in [6, 6.07) is 12.1. The van der Waals surface area contributed by atoms with Crippen molar-refractivity contribution in [2.24, 2.45) is 0 Å². The molecule has 2 aromatic heterocycles. The second kappa shape index (κ2) is 8.77. The van der Waals surface area contributed by atoms with Gasteiger partial charge in [0.1, 0.15) is 5.00 Å². The largest absolute Gasteiger partial charge is 0.459 e. The highest BCUT2D eigenvalue weighted by atomic mass is 32.1. The molecule has 0 aliphatic heterocycles. The van der Waals surface area contributed by atoms with E-state index in [-0.39, 0.29) is 11.7 Å². The molecule has 1 aliphatic carbocycles. The van der Waals surface area contributed by atoms with E-state index in [9.17, 15) is 14.4 Å². The number of ether oxygens (including phenoxy) is 1. The minimum Gasteiger partial charge on any atom is -0.459 e. The molecule has 3 aromatic rings. The Balaban J connectivity index is 1.65. The second-order valence-electron chi connectivity index (χ2n) is 7.42. The predicted molar refractivity (Wildman–Crippen MR) is 116 cm³/mol. The number of rotatable bonds is 6. The number of hydrogen-bond donors (Lipinski definition) is 1. The summed E-state index contributed by atoms with van der Waals surface area (Å²) in [5, 5.41) is 3.19. The number of carbonyl (C=O) groups is 3. The van der Waals surface area contributed by atoms with Crippen molar-refractivity contribution in [2.75, 3.05) is 19.4 Å². The van der Waals surface area contributed by atoms with Gasteiger partial charge in [-0.3, -0.25) is 9.59 Å². The Kier molecular flexibility index (Phi) is 5.90. The first-order chi connectivity index (χ1) is 15.0. The fourth-order valence-electron chi connectivity index (χ4n) is 3.57. The lowest BCUT2D eigenvalue weighted by Crippen LogP contribution is -2.31. The first kappa shape index (κ1) is 20.9. The molecule has 1 aromatic carbocycles. The molecule has 0 radical (unpaired) electrons. The molecule has 0 saturated heterocycles. The first-order valence-corrected chi connectivity index (χ1v) is 10.7. The van der Waals surface area contributed by atoms with Crippen LogP contribution in [0, 0.1) is 0 Å². The van der Waals surface area contributed by atoms with E-state index in [0.717, 1.165) is 29.7 Å². The van der Waals surface area contributed by atoms with Crippen molar-refractivity contribution in [1.29, 1.82) is 0 Å². The highest BCUT2D eigenvalue weighted by Crippen LogP contribution is 2.40. The van der Waals surface area contributed by atoms with Crippen LogP contribution in [0.3, 0.4) is 0 Å². The molecule has 7 nitrogen and oxygen atoms in total. The first-order valence-electron chi connectivity index (χ1n) is 9.92. The van der Waals surface area contributed by atoms with Crippen LogP contribution >= 0.6 is 11.3 Å². The third-order valence-electron chi connectivity index (χ3n) is 5.09. The van der Waals surface area contributed by atoms with Crippen LogP contribution in [0.25, 0.3) is 0 Å². The van der Waals surface area contributed by atoms with Crippen molar-refractivity contribution >= 4 is 34.1 Å². The number of amides is 2. The molecule has 1 atom stereocenters. The van der Waals surface area contributed by atoms with Gasteiger partial charge in [0.2, 0.25) is 6.10 Å². The zero-order chi connectivity index (χ0) is 22.0. The van der Waals surface area contributed by atoms with Gasteiger partial charge in [-0.15, -0.1) is 11.3 Å². The number of thiophene rings is 1. The van der Waals surface area contributed by atoms with Crippen molar-refractivity contribution in [3.8, 4) is 0 Å². The maximum atomic E-state index is 13.3. The molecule has 0 saturated carbocycles. The Morgan fingerprint density at radius 2 is 1.87 bits per heavy atom. The van der Waals surface area contributed by atoms with Gasteiger partial charge in [-0.2, -0.15) is 0 Å². The number of hydrogen-bond acceptors (Lipinski definition) is 6. The minimum atomic E-state index is -1.07. The highest BCUT2D eigenvalue weighted by Gasteiger charge is 2.33. The van der Waals surface area contributed by atoms with E-state index in [1.165, 1.54) is 22.5 Å². The normalized spacial score (nSPS) is 13.4. The molecular formula is C23H22N2O5S. The summed E-state index contributed by atoms with van der Waals surface area (Å²) in [7, 11) is 3.23. The van der Waals surface area contributed by atoms with Gasteiger partial charge in [0.05, 0.1) is 11.8 Å². The van der Waals surface area contributed by atoms with Gasteiger partial charge < -0.3 is 19.4 Å². The topological polar surface area (TPSA) is 88.9 Å². The summed E-state index contributed by atoms with van der Waals surface area (Å²) in [6.07, 6.45) is 2.84. The van der Waals surface area contributed by atoms with Crippen LogP contribution < -0.4 is 5.32 Å². The van der Waals surface area contributed by atoms with Gasteiger partial charge in [0, 0.05) is 24.5 Å². The minimum absolute atomic E-state index is 0.151. The Bertz CT molecular complexity index is 1100. The lowest BCUT2D eigenvalue weighted by Gasteiger charge is -2.21. The van der Waals surface area contributed by atoms with Crippen LogP contribution in [0.15, 0.2) is 53.1 Å². The fourth-order valence-corrected chi connectivity index (χ4v) is 4.84. The number of esters is 1. The maximum Gasteiger partial charge on any atom is 0.342 e. The van der Waals surface area contributed by atoms with E-state index in [1.807, 2.05) is 6.07 Å². The number of aryl methyl sites for hydroxylation is 1. The standard InChI is InChI=1S/C23H22N2O5S/c1-25(2)22(27)19(14-8-4-3-5-9-14)30-23(28)18-15-10-6-12-17(15)31-21(18)24-20(26)16-11-7-13-29-16/h3-5,7-9,11,13,19H,6,10,12H2,1-2H3,(H,24,26). The monoisotopic (exact) mass is 438 g/mol. The van der Waals surface area contributed by atoms with Gasteiger partial charge in [-0.25, -0.2) is 4.79 Å². The van der Waals surface area contributed by atoms with Gasteiger partial charge in [-0.05, 0) is 37.0 Å². The van der Waals surface area contributed by atoms with Crippen molar-refractivity contribution in [3.63, 3.8) is 0 Å². The van der Waals surface area contributed by atoms with E-state index < -0.39 is 18.0 Å². The quantitative estimate of drug-likeness (QED) is 0.586. The maximum absolute atomic E-state index is 13.3. The van der Waals surface area contributed by atoms with Crippen LogP contribution in [-0.2, 0) is 22.4 Å². The fraction of sp³-hybridized carbons (Fsp3) is 0.261. The molecule has 160 valence electrons. The van der Waals surface area contributed by atoms with E-state index >= 15 is 0 Å². The smallest absolute Gasteiger partial charge is 0.342 e. The molecule has 0 spiro atoms. The highest BCUT2D eigenvalue weighted by molar-refractivity contribution is 7.17. The third-order valence-corrected chi connectivity index (χ3v) is 6.30.